The predicted octanol–water partition coefficient (Wildman–Crippen LogP) is 10.6. The second-order valence-corrected chi connectivity index (χ2v) is 13.2. The molecule has 0 aliphatic carbocycles. The Hall–Kier alpha value is -4.27. The van der Waals surface area contributed by atoms with Crippen molar-refractivity contribution in [1.82, 2.24) is 9.97 Å². The summed E-state index contributed by atoms with van der Waals surface area (Å²) in [6.45, 7) is 15.3. The van der Waals surface area contributed by atoms with Crippen LogP contribution < -0.4 is 4.90 Å². The molecule has 5 heteroatoms. The molecule has 1 aliphatic heterocycles. The van der Waals surface area contributed by atoms with Crippen LogP contribution in [0.3, 0.4) is 0 Å². The molecule has 0 saturated carbocycles. The molecular weight excluding hydrogens is 746 g/mol. The number of phenols is 1. The first kappa shape index (κ1) is 31.7. The third kappa shape index (κ3) is 5.13. The number of aromatic hydroxyl groups is 1. The van der Waals surface area contributed by atoms with E-state index in [2.05, 4.69) is 126 Å². The van der Waals surface area contributed by atoms with E-state index in [1.807, 2.05) is 18.3 Å². The molecule has 0 amide bonds. The molecule has 0 saturated heterocycles. The summed E-state index contributed by atoms with van der Waals surface area (Å²) in [5, 5.41) is 11.8. The molecule has 1 aliphatic rings. The van der Waals surface area contributed by atoms with Gasteiger partial charge in [0.2, 0.25) is 0 Å². The van der Waals surface area contributed by atoms with Crippen LogP contribution in [-0.4, -0.2) is 15.1 Å². The van der Waals surface area contributed by atoms with E-state index in [0.717, 1.165) is 39.4 Å². The van der Waals surface area contributed by atoms with Gasteiger partial charge in [-0.25, -0.2) is 4.98 Å². The third-order valence-corrected chi connectivity index (χ3v) is 9.35. The first-order valence-electron chi connectivity index (χ1n) is 15.7. The Morgan fingerprint density at radius 3 is 2.26 bits per heavy atom. The fourth-order valence-electron chi connectivity index (χ4n) is 7.19. The van der Waals surface area contributed by atoms with Gasteiger partial charge in [-0.05, 0) is 95.6 Å². The van der Waals surface area contributed by atoms with Crippen LogP contribution in [0, 0.1) is 26.8 Å². The number of benzene rings is 4. The van der Waals surface area contributed by atoms with E-state index >= 15 is 0 Å². The van der Waals surface area contributed by atoms with Gasteiger partial charge in [-0.3, -0.25) is 4.98 Å². The smallest absolute Gasteiger partial charge is 0.140 e. The Kier molecular flexibility index (Phi) is 8.15. The summed E-state index contributed by atoms with van der Waals surface area (Å²) in [7, 11) is 0. The number of aryl methyl sites for hydroxylation is 3. The van der Waals surface area contributed by atoms with Crippen LogP contribution in [0.2, 0.25) is 0 Å². The topological polar surface area (TPSA) is 49.2 Å². The van der Waals surface area contributed by atoms with Crippen LogP contribution in [0.5, 0.6) is 5.75 Å². The molecule has 234 valence electrons. The number of aromatic nitrogens is 2. The van der Waals surface area contributed by atoms with Crippen molar-refractivity contribution in [2.45, 2.75) is 59.8 Å². The van der Waals surface area contributed by atoms with Gasteiger partial charge in [-0.1, -0.05) is 87.4 Å². The number of phenolic OH excluding ortho intramolecular Hbond substituents is 1. The maximum Gasteiger partial charge on any atom is 0.140 e. The second-order valence-electron chi connectivity index (χ2n) is 13.2. The molecule has 3 heterocycles. The molecule has 0 radical (unpaired) electrons. The molecule has 0 fully saturated rings. The third-order valence-electron chi connectivity index (χ3n) is 9.35. The van der Waals surface area contributed by atoms with Crippen molar-refractivity contribution in [1.29, 1.82) is 0 Å². The molecular formula is C41H38N3OPt-. The molecule has 0 bridgehead atoms. The van der Waals surface area contributed by atoms with Gasteiger partial charge in [-0.2, -0.15) is 0 Å². The Labute approximate surface area is 286 Å². The zero-order valence-corrected chi connectivity index (χ0v) is 29.6. The zero-order chi connectivity index (χ0) is 31.6. The molecule has 0 unspecified atom stereocenters. The van der Waals surface area contributed by atoms with Gasteiger partial charge in [0.05, 0.1) is 0 Å². The van der Waals surface area contributed by atoms with Crippen LogP contribution in [0.25, 0.3) is 33.3 Å². The minimum absolute atomic E-state index is 0. The van der Waals surface area contributed by atoms with Crippen LogP contribution >= 0.6 is 0 Å². The van der Waals surface area contributed by atoms with Gasteiger partial charge in [-0.15, -0.1) is 23.8 Å². The zero-order valence-electron chi connectivity index (χ0n) is 27.3. The molecule has 1 N–H and O–H groups in total. The van der Waals surface area contributed by atoms with E-state index < -0.39 is 0 Å². The van der Waals surface area contributed by atoms with Crippen molar-refractivity contribution < 1.29 is 26.2 Å². The average Bonchev–Trinajstić information content (AvgIpc) is 3.01. The summed E-state index contributed by atoms with van der Waals surface area (Å²) in [4.78, 5) is 12.3. The van der Waals surface area contributed by atoms with Gasteiger partial charge in [0.25, 0.3) is 0 Å². The van der Waals surface area contributed by atoms with E-state index in [-0.39, 0.29) is 32.2 Å². The summed E-state index contributed by atoms with van der Waals surface area (Å²) in [5.74, 6) is 1.35. The Balaban J connectivity index is 0.00000372. The fraction of sp³-hybridized carbons (Fsp3) is 0.220. The summed E-state index contributed by atoms with van der Waals surface area (Å²) in [6.07, 6.45) is 1.99. The van der Waals surface area contributed by atoms with Crippen molar-refractivity contribution in [3.05, 3.63) is 131 Å². The molecule has 4 nitrogen and oxygen atoms in total. The van der Waals surface area contributed by atoms with E-state index in [4.69, 9.17) is 9.97 Å². The molecule has 46 heavy (non-hydrogen) atoms. The number of hydrogen-bond donors (Lipinski definition) is 1. The fourth-order valence-corrected chi connectivity index (χ4v) is 7.19. The van der Waals surface area contributed by atoms with Gasteiger partial charge in [0, 0.05) is 43.9 Å². The summed E-state index contributed by atoms with van der Waals surface area (Å²) in [6, 6.07) is 33.3. The van der Waals surface area contributed by atoms with E-state index in [1.54, 1.807) is 6.07 Å². The number of nitrogens with zero attached hydrogens (tertiary/aromatic N) is 3. The van der Waals surface area contributed by atoms with E-state index in [1.165, 1.54) is 38.9 Å². The van der Waals surface area contributed by atoms with Crippen molar-refractivity contribution in [2.24, 2.45) is 0 Å². The quantitative estimate of drug-likeness (QED) is 0.181. The van der Waals surface area contributed by atoms with Gasteiger partial charge >= 0.3 is 0 Å². The summed E-state index contributed by atoms with van der Waals surface area (Å²) >= 11 is 0. The predicted molar refractivity (Wildman–Crippen MR) is 186 cm³/mol. The SMILES string of the molecule is Cc1cc(C)c(-c2ccc(N3c4[c-]c(-c5ccc6c(C(C)C)ccc(O)c6n5)ccc4C(C)(C)c4ccccc43)nc2)c(C)c1.[Pt]. The minimum Gasteiger partial charge on any atom is -0.506 e. The largest absolute Gasteiger partial charge is 0.506 e. The standard InChI is InChI=1S/C41H38N3O.Pt/c1-24(2)30-15-18-37(45)40-31(30)14-17-34(43-40)28-12-16-33-36(22-28)44(35-11-9-8-10-32(35)41(33,6)7)38-19-13-29(23-42-38)39-26(4)20-25(3)21-27(39)5;/h8-21,23-24,45H,1-7H3;/q-1;. The molecule has 4 aromatic carbocycles. The molecule has 6 aromatic rings. The van der Waals surface area contributed by atoms with Crippen molar-refractivity contribution >= 4 is 28.1 Å². The Bertz CT molecular complexity index is 2090. The first-order chi connectivity index (χ1) is 21.5. The maximum absolute atomic E-state index is 10.8. The number of pyridine rings is 2. The normalized spacial score (nSPS) is 13.3. The van der Waals surface area contributed by atoms with E-state index in [9.17, 15) is 5.11 Å². The van der Waals surface area contributed by atoms with Gasteiger partial charge < -0.3 is 10.0 Å². The number of hydrogen-bond acceptors (Lipinski definition) is 4. The van der Waals surface area contributed by atoms with E-state index in [0.29, 0.717) is 11.4 Å². The summed E-state index contributed by atoms with van der Waals surface area (Å²) < 4.78 is 0. The van der Waals surface area contributed by atoms with Crippen LogP contribution in [0.4, 0.5) is 17.2 Å². The number of rotatable bonds is 4. The monoisotopic (exact) mass is 783 g/mol. The van der Waals surface area contributed by atoms with Crippen LogP contribution in [0.15, 0.2) is 91.1 Å². The molecule has 0 spiro atoms. The molecule has 7 rings (SSSR count). The molecule has 2 aromatic heterocycles. The van der Waals surface area contributed by atoms with Gasteiger partial charge in [0.1, 0.15) is 17.1 Å². The van der Waals surface area contributed by atoms with Crippen LogP contribution in [0.1, 0.15) is 67.0 Å². The van der Waals surface area contributed by atoms with Gasteiger partial charge in [0.15, 0.2) is 0 Å². The second kappa shape index (κ2) is 11.8. The minimum atomic E-state index is -0.241. The van der Waals surface area contributed by atoms with Crippen molar-refractivity contribution in [3.8, 4) is 28.1 Å². The number of para-hydroxylation sites is 1. The average molecular weight is 784 g/mol. The number of anilines is 3. The van der Waals surface area contributed by atoms with Crippen molar-refractivity contribution in [3.63, 3.8) is 0 Å². The Morgan fingerprint density at radius 1 is 0.826 bits per heavy atom. The van der Waals surface area contributed by atoms with Crippen molar-refractivity contribution in [2.75, 3.05) is 4.90 Å². The Morgan fingerprint density at radius 2 is 1.57 bits per heavy atom. The number of fused-ring (bicyclic) bond motifs is 3. The maximum atomic E-state index is 10.8. The summed E-state index contributed by atoms with van der Waals surface area (Å²) in [5.41, 5.74) is 13.8. The van der Waals surface area contributed by atoms with Crippen LogP contribution in [-0.2, 0) is 26.5 Å². The first-order valence-corrected chi connectivity index (χ1v) is 15.7. The molecule has 0 atom stereocenters.